The van der Waals surface area contributed by atoms with Crippen molar-refractivity contribution >= 4 is 34.3 Å². The van der Waals surface area contributed by atoms with Gasteiger partial charge >= 0.3 is 6.18 Å². The van der Waals surface area contributed by atoms with Gasteiger partial charge in [-0.1, -0.05) is 31.5 Å². The molecule has 0 aliphatic rings. The third-order valence-electron chi connectivity index (χ3n) is 5.20. The Hall–Kier alpha value is -2.41. The molecular weight excluding hydrogens is 403 g/mol. The number of fused-ring (bicyclic) bond motifs is 1. The topological polar surface area (TPSA) is 39.1 Å². The number of aryl methyl sites for hydroxylation is 1. The Balaban J connectivity index is 2.09. The van der Waals surface area contributed by atoms with E-state index in [4.69, 9.17) is 16.3 Å². The molecule has 1 aromatic heterocycles. The van der Waals surface area contributed by atoms with Gasteiger partial charge in [-0.3, -0.25) is 0 Å². The number of benzene rings is 2. The molecule has 1 N–H and O–H groups in total. The van der Waals surface area contributed by atoms with Crippen LogP contribution in [0.15, 0.2) is 30.3 Å². The van der Waals surface area contributed by atoms with Gasteiger partial charge in [0.05, 0.1) is 28.9 Å². The van der Waals surface area contributed by atoms with E-state index in [2.05, 4.69) is 30.2 Å². The highest BCUT2D eigenvalue weighted by Crippen LogP contribution is 2.38. The van der Waals surface area contributed by atoms with Gasteiger partial charge in [0.2, 0.25) is 5.95 Å². The summed E-state index contributed by atoms with van der Waals surface area (Å²) in [5.74, 6) is 1.47. The van der Waals surface area contributed by atoms with E-state index in [1.807, 2.05) is 17.7 Å². The summed E-state index contributed by atoms with van der Waals surface area (Å²) in [6, 6.07) is 7.16. The molecule has 0 amide bonds. The molecule has 156 valence electrons. The Morgan fingerprint density at radius 3 is 2.41 bits per heavy atom. The molecule has 0 fully saturated rings. The normalized spacial score (nSPS) is 12.0. The molecule has 0 aliphatic heterocycles. The van der Waals surface area contributed by atoms with Gasteiger partial charge in [-0.25, -0.2) is 4.98 Å². The zero-order valence-corrected chi connectivity index (χ0v) is 17.4. The van der Waals surface area contributed by atoms with Crippen LogP contribution in [0, 0.1) is 0 Å². The number of ether oxygens (including phenoxy) is 1. The van der Waals surface area contributed by atoms with Crippen LogP contribution in [0.1, 0.15) is 43.7 Å². The summed E-state index contributed by atoms with van der Waals surface area (Å²) >= 11 is 6.10. The number of rotatable bonds is 6. The molecule has 1 heterocycles. The molecule has 0 saturated carbocycles. The highest BCUT2D eigenvalue weighted by Gasteiger charge is 2.31. The molecule has 0 spiro atoms. The minimum Gasteiger partial charge on any atom is -0.494 e. The largest absolute Gasteiger partial charge is 0.494 e. The Morgan fingerprint density at radius 1 is 1.17 bits per heavy atom. The van der Waals surface area contributed by atoms with E-state index in [9.17, 15) is 13.2 Å². The number of hydrogen-bond acceptors (Lipinski definition) is 3. The summed E-state index contributed by atoms with van der Waals surface area (Å²) in [6.45, 7) is 4.28. The number of alkyl halides is 3. The number of nitrogens with zero attached hydrogens (tertiary/aromatic N) is 2. The third kappa shape index (κ3) is 4.01. The lowest BCUT2D eigenvalue weighted by atomic mass is 9.92. The zero-order chi connectivity index (χ0) is 21.3. The molecule has 0 bridgehead atoms. The van der Waals surface area contributed by atoms with E-state index in [0.29, 0.717) is 28.8 Å². The van der Waals surface area contributed by atoms with Crippen LogP contribution < -0.4 is 10.1 Å². The zero-order valence-electron chi connectivity index (χ0n) is 16.7. The maximum Gasteiger partial charge on any atom is 0.416 e. The molecule has 29 heavy (non-hydrogen) atoms. The van der Waals surface area contributed by atoms with E-state index < -0.39 is 11.7 Å². The Kier molecular flexibility index (Phi) is 5.98. The van der Waals surface area contributed by atoms with Crippen LogP contribution in [0.5, 0.6) is 5.75 Å². The summed E-state index contributed by atoms with van der Waals surface area (Å²) in [5, 5.41) is 3.03. The maximum absolute atomic E-state index is 12.9. The van der Waals surface area contributed by atoms with E-state index in [-0.39, 0.29) is 5.02 Å². The molecular formula is C21H23ClF3N3O. The van der Waals surface area contributed by atoms with Crippen molar-refractivity contribution in [1.82, 2.24) is 9.55 Å². The lowest BCUT2D eigenvalue weighted by Crippen LogP contribution is -2.06. The van der Waals surface area contributed by atoms with Gasteiger partial charge in [-0.15, -0.1) is 0 Å². The van der Waals surface area contributed by atoms with Crippen LogP contribution >= 0.6 is 11.6 Å². The fourth-order valence-corrected chi connectivity index (χ4v) is 3.80. The SMILES string of the molecule is CCC(CC)c1ccc(OC)c2nc(Nc3ccc(C(F)(F)F)cc3Cl)n(C)c12. The fraction of sp³-hybridized carbons (Fsp3) is 0.381. The average Bonchev–Trinajstić information content (AvgIpc) is 3.00. The summed E-state index contributed by atoms with van der Waals surface area (Å²) in [7, 11) is 3.45. The van der Waals surface area contributed by atoms with Crippen molar-refractivity contribution in [1.29, 1.82) is 0 Å². The van der Waals surface area contributed by atoms with Crippen molar-refractivity contribution in [2.24, 2.45) is 7.05 Å². The van der Waals surface area contributed by atoms with Crippen molar-refractivity contribution in [3.63, 3.8) is 0 Å². The second-order valence-electron chi connectivity index (χ2n) is 6.88. The van der Waals surface area contributed by atoms with Gasteiger partial charge in [-0.05, 0) is 48.6 Å². The predicted octanol–water partition coefficient (Wildman–Crippen LogP) is 6.90. The summed E-state index contributed by atoms with van der Waals surface area (Å²) in [6.07, 6.45) is -2.48. The number of anilines is 2. The average molecular weight is 426 g/mol. The Bertz CT molecular complexity index is 1030. The standard InChI is InChI=1S/C21H23ClF3N3O/c1-5-12(6-2)14-8-10-17(29-4)18-19(14)28(3)20(27-18)26-16-9-7-13(11-15(16)22)21(23,24)25/h7-12H,5-6H2,1-4H3,(H,26,27). The Morgan fingerprint density at radius 2 is 1.86 bits per heavy atom. The van der Waals surface area contributed by atoms with Gasteiger partial charge in [0.25, 0.3) is 0 Å². The van der Waals surface area contributed by atoms with Crippen molar-refractivity contribution in [2.45, 2.75) is 38.8 Å². The van der Waals surface area contributed by atoms with Gasteiger partial charge in [0.1, 0.15) is 11.3 Å². The van der Waals surface area contributed by atoms with Crippen molar-refractivity contribution in [2.75, 3.05) is 12.4 Å². The monoisotopic (exact) mass is 425 g/mol. The number of aromatic nitrogens is 2. The van der Waals surface area contributed by atoms with Gasteiger partial charge in [0, 0.05) is 7.05 Å². The lowest BCUT2D eigenvalue weighted by molar-refractivity contribution is -0.137. The quantitative estimate of drug-likeness (QED) is 0.466. The van der Waals surface area contributed by atoms with Crippen LogP contribution in [-0.2, 0) is 13.2 Å². The van der Waals surface area contributed by atoms with E-state index in [0.717, 1.165) is 36.1 Å². The Labute approximate surface area is 172 Å². The fourth-order valence-electron chi connectivity index (χ4n) is 3.57. The maximum atomic E-state index is 12.9. The highest BCUT2D eigenvalue weighted by atomic mass is 35.5. The molecule has 4 nitrogen and oxygen atoms in total. The summed E-state index contributed by atoms with van der Waals surface area (Å²) < 4.78 is 46.0. The van der Waals surface area contributed by atoms with E-state index >= 15 is 0 Å². The minimum atomic E-state index is -4.45. The van der Waals surface area contributed by atoms with Crippen molar-refractivity contribution < 1.29 is 17.9 Å². The minimum absolute atomic E-state index is 0.0286. The molecule has 0 unspecified atom stereocenters. The highest BCUT2D eigenvalue weighted by molar-refractivity contribution is 6.33. The third-order valence-corrected chi connectivity index (χ3v) is 5.52. The molecule has 8 heteroatoms. The van der Waals surface area contributed by atoms with Crippen LogP contribution in [0.3, 0.4) is 0 Å². The molecule has 0 atom stereocenters. The molecule has 0 saturated heterocycles. The second-order valence-corrected chi connectivity index (χ2v) is 7.29. The molecule has 0 radical (unpaired) electrons. The number of halogens is 4. The van der Waals surface area contributed by atoms with Crippen molar-refractivity contribution in [3.05, 3.63) is 46.5 Å². The van der Waals surface area contributed by atoms with Gasteiger partial charge in [-0.2, -0.15) is 13.2 Å². The molecule has 3 rings (SSSR count). The van der Waals surface area contributed by atoms with Gasteiger partial charge in [0.15, 0.2) is 0 Å². The summed E-state index contributed by atoms with van der Waals surface area (Å²) in [5.41, 5.74) is 2.35. The smallest absolute Gasteiger partial charge is 0.416 e. The number of nitrogens with one attached hydrogen (secondary N) is 1. The van der Waals surface area contributed by atoms with Crippen molar-refractivity contribution in [3.8, 4) is 5.75 Å². The number of methoxy groups -OCH3 is 1. The first-order valence-corrected chi connectivity index (χ1v) is 9.76. The molecule has 0 aliphatic carbocycles. The van der Waals surface area contributed by atoms with Crippen LogP contribution in [-0.4, -0.2) is 16.7 Å². The first kappa shape index (κ1) is 21.3. The van der Waals surface area contributed by atoms with Crippen LogP contribution in [0.4, 0.5) is 24.8 Å². The lowest BCUT2D eigenvalue weighted by Gasteiger charge is -2.16. The second kappa shape index (κ2) is 8.14. The number of hydrogen-bond donors (Lipinski definition) is 1. The number of imidazole rings is 1. The van der Waals surface area contributed by atoms with Crippen LogP contribution in [0.25, 0.3) is 11.0 Å². The van der Waals surface area contributed by atoms with E-state index in [1.165, 1.54) is 6.07 Å². The molecule has 3 aromatic rings. The predicted molar refractivity (Wildman–Crippen MR) is 110 cm³/mol. The van der Waals surface area contributed by atoms with Crippen LogP contribution in [0.2, 0.25) is 5.02 Å². The summed E-state index contributed by atoms with van der Waals surface area (Å²) in [4.78, 5) is 4.65. The first-order valence-electron chi connectivity index (χ1n) is 9.38. The first-order chi connectivity index (χ1) is 13.7. The molecule has 2 aromatic carbocycles. The van der Waals surface area contributed by atoms with Gasteiger partial charge < -0.3 is 14.6 Å². The van der Waals surface area contributed by atoms with E-state index in [1.54, 1.807) is 7.11 Å².